The van der Waals surface area contributed by atoms with Gasteiger partial charge in [0.15, 0.2) is 5.92 Å². The molecule has 0 fully saturated rings. The van der Waals surface area contributed by atoms with Gasteiger partial charge in [0, 0.05) is 12.0 Å². The number of allylic oxidation sites excluding steroid dienone is 5. The van der Waals surface area contributed by atoms with Crippen molar-refractivity contribution < 1.29 is 27.8 Å². The van der Waals surface area contributed by atoms with Gasteiger partial charge in [0.2, 0.25) is 0 Å². The van der Waals surface area contributed by atoms with Crippen molar-refractivity contribution >= 4 is 11.9 Å². The fraction of sp³-hybridized carbons (Fsp3) is 0.500. The van der Waals surface area contributed by atoms with Crippen LogP contribution >= 0.6 is 0 Å². The van der Waals surface area contributed by atoms with E-state index in [1.54, 1.807) is 13.8 Å². The Bertz CT molecular complexity index is 490. The van der Waals surface area contributed by atoms with Crippen LogP contribution < -0.4 is 0 Å². The summed E-state index contributed by atoms with van der Waals surface area (Å²) in [5.41, 5.74) is 0.323. The van der Waals surface area contributed by atoms with E-state index in [0.717, 1.165) is 6.08 Å². The van der Waals surface area contributed by atoms with Crippen LogP contribution in [0.4, 0.5) is 8.78 Å². The van der Waals surface area contributed by atoms with E-state index in [4.69, 9.17) is 9.47 Å². The number of carbonyl (C=O) groups excluding carboxylic acids is 2. The summed E-state index contributed by atoms with van der Waals surface area (Å²) in [4.78, 5) is 23.7. The molecule has 1 rings (SSSR count). The molecule has 0 bridgehead atoms. The smallest absolute Gasteiger partial charge is 0.320 e. The number of ether oxygens (including phenoxy) is 2. The molecule has 6 heteroatoms. The molecule has 0 amide bonds. The maximum Gasteiger partial charge on any atom is 0.320 e. The van der Waals surface area contributed by atoms with Gasteiger partial charge in [-0.2, -0.15) is 0 Å². The van der Waals surface area contributed by atoms with Gasteiger partial charge < -0.3 is 9.47 Å². The highest BCUT2D eigenvalue weighted by Gasteiger charge is 2.33. The van der Waals surface area contributed by atoms with Gasteiger partial charge in [-0.25, -0.2) is 8.78 Å². The summed E-state index contributed by atoms with van der Waals surface area (Å²) in [7, 11) is 0. The van der Waals surface area contributed by atoms with Gasteiger partial charge >= 0.3 is 11.9 Å². The lowest BCUT2D eigenvalue weighted by Gasteiger charge is -2.22. The minimum atomic E-state index is -1.18. The Hall–Kier alpha value is -1.98. The van der Waals surface area contributed by atoms with Gasteiger partial charge in [0.25, 0.3) is 0 Å². The van der Waals surface area contributed by atoms with Crippen molar-refractivity contribution in [1.29, 1.82) is 0 Å². The predicted octanol–water partition coefficient (Wildman–Crippen LogP) is 3.40. The van der Waals surface area contributed by atoms with E-state index in [0.29, 0.717) is 5.57 Å². The van der Waals surface area contributed by atoms with Gasteiger partial charge in [0.1, 0.15) is 11.7 Å². The van der Waals surface area contributed by atoms with Crippen molar-refractivity contribution in [3.8, 4) is 0 Å². The van der Waals surface area contributed by atoms with E-state index < -0.39 is 35.4 Å². The van der Waals surface area contributed by atoms with Crippen molar-refractivity contribution in [2.75, 3.05) is 13.2 Å². The topological polar surface area (TPSA) is 52.6 Å². The Labute approximate surface area is 128 Å². The van der Waals surface area contributed by atoms with Crippen LogP contribution in [0.1, 0.15) is 26.7 Å². The van der Waals surface area contributed by atoms with Crippen LogP contribution in [0.2, 0.25) is 0 Å². The molecule has 0 aromatic rings. The molecule has 0 aromatic carbocycles. The predicted molar refractivity (Wildman–Crippen MR) is 77.0 cm³/mol. The van der Waals surface area contributed by atoms with Crippen LogP contribution in [0, 0.1) is 11.8 Å². The highest BCUT2D eigenvalue weighted by atomic mass is 19.1. The maximum absolute atomic E-state index is 13.8. The molecule has 4 nitrogen and oxygen atoms in total. The molecular weight excluding hydrogens is 294 g/mol. The average molecular weight is 314 g/mol. The summed E-state index contributed by atoms with van der Waals surface area (Å²) in [5, 5.41) is 0. The normalized spacial score (nSPS) is 17.6. The van der Waals surface area contributed by atoms with Crippen LogP contribution in [0.25, 0.3) is 0 Å². The molecule has 0 aromatic heterocycles. The van der Waals surface area contributed by atoms with Crippen molar-refractivity contribution in [3.05, 3.63) is 36.0 Å². The molecule has 0 N–H and O–H groups in total. The SMILES string of the molecule is C=C(CC(C(=O)OCC)C(=O)OCC)C1CC=C(F)C=C1F. The third kappa shape index (κ3) is 4.79. The van der Waals surface area contributed by atoms with Crippen molar-refractivity contribution in [2.45, 2.75) is 26.7 Å². The first-order valence-electron chi connectivity index (χ1n) is 7.14. The monoisotopic (exact) mass is 314 g/mol. The second-order valence-electron chi connectivity index (χ2n) is 4.83. The van der Waals surface area contributed by atoms with Crippen LogP contribution in [0.3, 0.4) is 0 Å². The molecule has 1 atom stereocenters. The van der Waals surface area contributed by atoms with Gasteiger partial charge in [-0.3, -0.25) is 9.59 Å². The minimum Gasteiger partial charge on any atom is -0.465 e. The molecule has 22 heavy (non-hydrogen) atoms. The number of hydrogen-bond donors (Lipinski definition) is 0. The zero-order valence-corrected chi connectivity index (χ0v) is 12.7. The van der Waals surface area contributed by atoms with E-state index in [9.17, 15) is 18.4 Å². The Balaban J connectivity index is 2.81. The van der Waals surface area contributed by atoms with E-state index in [1.165, 1.54) is 6.08 Å². The summed E-state index contributed by atoms with van der Waals surface area (Å²) < 4.78 is 36.4. The second kappa shape index (κ2) is 8.46. The van der Waals surface area contributed by atoms with Crippen LogP contribution in [-0.2, 0) is 19.1 Å². The molecule has 0 aliphatic heterocycles. The fourth-order valence-corrected chi connectivity index (χ4v) is 2.15. The number of rotatable bonds is 7. The van der Waals surface area contributed by atoms with Crippen LogP contribution in [0.5, 0.6) is 0 Å². The fourth-order valence-electron chi connectivity index (χ4n) is 2.15. The molecule has 0 saturated heterocycles. The molecule has 1 unspecified atom stereocenters. The number of esters is 2. The summed E-state index contributed by atoms with van der Waals surface area (Å²) in [6, 6.07) is 0. The molecule has 0 radical (unpaired) electrons. The first-order chi connectivity index (χ1) is 10.4. The third-order valence-corrected chi connectivity index (χ3v) is 3.26. The van der Waals surface area contributed by atoms with E-state index in [2.05, 4.69) is 6.58 Å². The molecule has 0 saturated carbocycles. The highest BCUT2D eigenvalue weighted by Crippen LogP contribution is 2.34. The first kappa shape index (κ1) is 18.1. The summed E-state index contributed by atoms with van der Waals surface area (Å²) in [5.74, 6) is -4.71. The van der Waals surface area contributed by atoms with E-state index >= 15 is 0 Å². The second-order valence-corrected chi connectivity index (χ2v) is 4.83. The van der Waals surface area contributed by atoms with Crippen LogP contribution in [-0.4, -0.2) is 25.2 Å². The quantitative estimate of drug-likeness (QED) is 0.410. The van der Waals surface area contributed by atoms with Crippen molar-refractivity contribution in [3.63, 3.8) is 0 Å². The molecular formula is C16H20F2O4. The Morgan fingerprint density at radius 3 is 2.27 bits per heavy atom. The van der Waals surface area contributed by atoms with Gasteiger partial charge in [-0.05, 0) is 32.8 Å². The van der Waals surface area contributed by atoms with Gasteiger partial charge in [0.05, 0.1) is 13.2 Å². The number of carbonyl (C=O) groups is 2. The van der Waals surface area contributed by atoms with Crippen molar-refractivity contribution in [1.82, 2.24) is 0 Å². The Kier molecular flexibility index (Phi) is 6.95. The molecule has 1 aliphatic carbocycles. The van der Waals surface area contributed by atoms with E-state index in [1.807, 2.05) is 0 Å². The van der Waals surface area contributed by atoms with E-state index in [-0.39, 0.29) is 26.1 Å². The Morgan fingerprint density at radius 1 is 1.27 bits per heavy atom. The molecule has 1 aliphatic rings. The highest BCUT2D eigenvalue weighted by molar-refractivity contribution is 5.95. The molecule has 0 heterocycles. The van der Waals surface area contributed by atoms with Gasteiger partial charge in [-0.1, -0.05) is 12.2 Å². The standard InChI is InChI=1S/C16H20F2O4/c1-4-21-15(19)13(16(20)22-5-2)8-10(3)12-7-6-11(17)9-14(12)18/h6,9,12-13H,3-5,7-8H2,1-2H3. The minimum absolute atomic E-state index is 0.0982. The lowest BCUT2D eigenvalue weighted by Crippen LogP contribution is -2.29. The van der Waals surface area contributed by atoms with Crippen LogP contribution in [0.15, 0.2) is 36.0 Å². The van der Waals surface area contributed by atoms with Gasteiger partial charge in [-0.15, -0.1) is 0 Å². The summed E-state index contributed by atoms with van der Waals surface area (Å²) in [6.07, 6.45) is 2.02. The number of halogens is 2. The lowest BCUT2D eigenvalue weighted by atomic mass is 9.86. The zero-order chi connectivity index (χ0) is 16.7. The molecule has 122 valence electrons. The third-order valence-electron chi connectivity index (χ3n) is 3.26. The average Bonchev–Trinajstić information content (AvgIpc) is 2.44. The maximum atomic E-state index is 13.8. The largest absolute Gasteiger partial charge is 0.465 e. The van der Waals surface area contributed by atoms with Crippen molar-refractivity contribution in [2.24, 2.45) is 11.8 Å². The zero-order valence-electron chi connectivity index (χ0n) is 12.7. The summed E-state index contributed by atoms with van der Waals surface area (Å²) in [6.45, 7) is 7.20. The Morgan fingerprint density at radius 2 is 1.82 bits per heavy atom. The summed E-state index contributed by atoms with van der Waals surface area (Å²) >= 11 is 0. The number of hydrogen-bond acceptors (Lipinski definition) is 4. The first-order valence-corrected chi connectivity index (χ1v) is 7.14. The lowest BCUT2D eigenvalue weighted by molar-refractivity contribution is -0.161. The molecule has 0 spiro atoms.